The highest BCUT2D eigenvalue weighted by molar-refractivity contribution is 5.51. The highest BCUT2D eigenvalue weighted by Gasteiger charge is 2.29. The molecule has 0 saturated carbocycles. The van der Waals surface area contributed by atoms with E-state index in [-0.39, 0.29) is 5.41 Å². The summed E-state index contributed by atoms with van der Waals surface area (Å²) >= 11 is 0. The predicted octanol–water partition coefficient (Wildman–Crippen LogP) is 3.08. The van der Waals surface area contributed by atoms with Crippen molar-refractivity contribution in [3.05, 3.63) is 41.2 Å². The Balaban J connectivity index is 1.38. The van der Waals surface area contributed by atoms with E-state index in [1.165, 1.54) is 17.7 Å². The quantitative estimate of drug-likeness (QED) is 0.683. The van der Waals surface area contributed by atoms with E-state index in [2.05, 4.69) is 51.9 Å². The summed E-state index contributed by atoms with van der Waals surface area (Å²) < 4.78 is 1.96. The van der Waals surface area contributed by atoms with Crippen LogP contribution in [0.4, 0.5) is 5.82 Å². The van der Waals surface area contributed by atoms with Gasteiger partial charge in [0.15, 0.2) is 11.5 Å². The Morgan fingerprint density at radius 3 is 2.61 bits per heavy atom. The van der Waals surface area contributed by atoms with Crippen LogP contribution in [0.2, 0.25) is 0 Å². The molecule has 146 valence electrons. The highest BCUT2D eigenvalue weighted by Crippen LogP contribution is 2.33. The second-order valence-corrected chi connectivity index (χ2v) is 9.03. The van der Waals surface area contributed by atoms with Crippen LogP contribution in [-0.4, -0.2) is 42.9 Å². The molecule has 1 aliphatic heterocycles. The lowest BCUT2D eigenvalue weighted by molar-refractivity contribution is 0.470. The molecule has 7 nitrogen and oxygen atoms in total. The number of nitrogens with zero attached hydrogens (tertiary/aromatic N) is 7. The average molecular weight is 377 g/mol. The highest BCUT2D eigenvalue weighted by atomic mass is 15.4. The molecule has 0 atom stereocenters. The first kappa shape index (κ1) is 17.5. The van der Waals surface area contributed by atoms with E-state index < -0.39 is 0 Å². The van der Waals surface area contributed by atoms with Crippen molar-refractivity contribution in [3.8, 4) is 0 Å². The maximum Gasteiger partial charge on any atom is 0.177 e. The Morgan fingerprint density at radius 2 is 1.82 bits per heavy atom. The minimum Gasteiger partial charge on any atom is -0.356 e. The molecule has 0 radical (unpaired) electrons. The molecule has 28 heavy (non-hydrogen) atoms. The van der Waals surface area contributed by atoms with Crippen LogP contribution >= 0.6 is 0 Å². The molecule has 0 bridgehead atoms. The molecular formula is C21H27N7. The first-order valence-corrected chi connectivity index (χ1v) is 10.3. The molecular weight excluding hydrogens is 350 g/mol. The Morgan fingerprint density at radius 1 is 1.00 bits per heavy atom. The van der Waals surface area contributed by atoms with Crippen LogP contribution in [0.3, 0.4) is 0 Å². The zero-order valence-corrected chi connectivity index (χ0v) is 16.9. The van der Waals surface area contributed by atoms with Gasteiger partial charge in [-0.1, -0.05) is 20.8 Å². The molecule has 7 heteroatoms. The summed E-state index contributed by atoms with van der Waals surface area (Å²) in [5, 5.41) is 13.7. The molecule has 0 aromatic carbocycles. The number of aromatic nitrogens is 6. The molecule has 5 rings (SSSR count). The summed E-state index contributed by atoms with van der Waals surface area (Å²) in [5.74, 6) is 2.53. The SMILES string of the molecule is CC(C)(C)c1ccc2nnc(C3CCN(c4ncnc5c4CCC5)CC3)n2n1. The Kier molecular flexibility index (Phi) is 4.07. The van der Waals surface area contributed by atoms with Crippen molar-refractivity contribution >= 4 is 11.5 Å². The van der Waals surface area contributed by atoms with Crippen LogP contribution in [-0.2, 0) is 18.3 Å². The van der Waals surface area contributed by atoms with Crippen molar-refractivity contribution in [2.45, 2.75) is 64.2 Å². The van der Waals surface area contributed by atoms with Crippen LogP contribution in [0.1, 0.15) is 68.7 Å². The van der Waals surface area contributed by atoms with Gasteiger partial charge in [0, 0.05) is 35.7 Å². The Labute approximate surface area is 165 Å². The molecule has 1 saturated heterocycles. The maximum absolute atomic E-state index is 4.86. The molecule has 0 N–H and O–H groups in total. The summed E-state index contributed by atoms with van der Waals surface area (Å²) in [6, 6.07) is 4.09. The number of anilines is 1. The van der Waals surface area contributed by atoms with Gasteiger partial charge in [0.2, 0.25) is 0 Å². The fourth-order valence-electron chi connectivity index (χ4n) is 4.42. The fraction of sp³-hybridized carbons (Fsp3) is 0.571. The second-order valence-electron chi connectivity index (χ2n) is 9.03. The lowest BCUT2D eigenvalue weighted by Crippen LogP contribution is -2.35. The van der Waals surface area contributed by atoms with E-state index >= 15 is 0 Å². The normalized spacial score (nSPS) is 18.0. The molecule has 4 heterocycles. The maximum atomic E-state index is 4.86. The van der Waals surface area contributed by atoms with Crippen LogP contribution in [0, 0.1) is 0 Å². The van der Waals surface area contributed by atoms with Gasteiger partial charge in [-0.2, -0.15) is 9.61 Å². The first-order valence-electron chi connectivity index (χ1n) is 10.3. The molecule has 0 unspecified atom stereocenters. The van der Waals surface area contributed by atoms with Gasteiger partial charge in [0.25, 0.3) is 0 Å². The fourth-order valence-corrected chi connectivity index (χ4v) is 4.42. The van der Waals surface area contributed by atoms with E-state index in [0.29, 0.717) is 5.92 Å². The minimum atomic E-state index is 0.00643. The van der Waals surface area contributed by atoms with E-state index in [4.69, 9.17) is 5.10 Å². The molecule has 0 amide bonds. The van der Waals surface area contributed by atoms with Crippen LogP contribution in [0.15, 0.2) is 18.5 Å². The average Bonchev–Trinajstić information content (AvgIpc) is 3.33. The van der Waals surface area contributed by atoms with Gasteiger partial charge in [0.1, 0.15) is 12.1 Å². The minimum absolute atomic E-state index is 0.00643. The van der Waals surface area contributed by atoms with Crippen molar-refractivity contribution in [2.24, 2.45) is 0 Å². The van der Waals surface area contributed by atoms with E-state index in [9.17, 15) is 0 Å². The number of hydrogen-bond donors (Lipinski definition) is 0. The Bertz CT molecular complexity index is 1010. The number of rotatable bonds is 2. The zero-order chi connectivity index (χ0) is 19.3. The third-order valence-corrected chi connectivity index (χ3v) is 6.07. The van der Waals surface area contributed by atoms with E-state index in [0.717, 1.165) is 61.8 Å². The number of fused-ring (bicyclic) bond motifs is 2. The second kappa shape index (κ2) is 6.50. The summed E-state index contributed by atoms with van der Waals surface area (Å²) in [6.07, 6.45) is 7.22. The van der Waals surface area contributed by atoms with Gasteiger partial charge in [-0.25, -0.2) is 9.97 Å². The van der Waals surface area contributed by atoms with Crippen molar-refractivity contribution in [1.82, 2.24) is 29.8 Å². The topological polar surface area (TPSA) is 72.1 Å². The smallest absolute Gasteiger partial charge is 0.177 e. The van der Waals surface area contributed by atoms with Gasteiger partial charge < -0.3 is 4.90 Å². The third-order valence-electron chi connectivity index (χ3n) is 6.07. The monoisotopic (exact) mass is 377 g/mol. The van der Waals surface area contributed by atoms with Crippen molar-refractivity contribution in [3.63, 3.8) is 0 Å². The van der Waals surface area contributed by atoms with Gasteiger partial charge in [-0.05, 0) is 44.2 Å². The van der Waals surface area contributed by atoms with E-state index in [1.807, 2.05) is 10.6 Å². The molecule has 1 fully saturated rings. The van der Waals surface area contributed by atoms with Gasteiger partial charge in [-0.3, -0.25) is 0 Å². The first-order chi connectivity index (χ1) is 13.5. The van der Waals surface area contributed by atoms with Crippen molar-refractivity contribution in [1.29, 1.82) is 0 Å². The predicted molar refractivity (Wildman–Crippen MR) is 108 cm³/mol. The lowest BCUT2D eigenvalue weighted by atomic mass is 9.92. The molecule has 0 spiro atoms. The van der Waals surface area contributed by atoms with Crippen LogP contribution in [0.25, 0.3) is 5.65 Å². The summed E-state index contributed by atoms with van der Waals surface area (Å²) in [7, 11) is 0. The molecule has 1 aliphatic carbocycles. The van der Waals surface area contributed by atoms with Crippen LogP contribution < -0.4 is 4.90 Å². The number of piperidine rings is 1. The van der Waals surface area contributed by atoms with Crippen LogP contribution in [0.5, 0.6) is 0 Å². The molecule has 3 aromatic rings. The Hall–Kier alpha value is -2.57. The summed E-state index contributed by atoms with van der Waals surface area (Å²) in [4.78, 5) is 11.5. The van der Waals surface area contributed by atoms with Crippen molar-refractivity contribution < 1.29 is 0 Å². The molecule has 3 aromatic heterocycles. The summed E-state index contributed by atoms with van der Waals surface area (Å²) in [6.45, 7) is 8.53. The standard InChI is InChI=1S/C21H27N7/c1-21(2,3)17-7-8-18-24-25-19(28(18)26-17)14-9-11-27(12-10-14)20-15-5-4-6-16(15)22-13-23-20/h7-8,13-14H,4-6,9-12H2,1-3H3. The zero-order valence-electron chi connectivity index (χ0n) is 16.9. The summed E-state index contributed by atoms with van der Waals surface area (Å²) in [5.41, 5.74) is 4.51. The lowest BCUT2D eigenvalue weighted by Gasteiger charge is -2.33. The number of aryl methyl sites for hydroxylation is 1. The van der Waals surface area contributed by atoms with Gasteiger partial charge in [-0.15, -0.1) is 10.2 Å². The van der Waals surface area contributed by atoms with Gasteiger partial charge >= 0.3 is 0 Å². The van der Waals surface area contributed by atoms with Gasteiger partial charge in [0.05, 0.1) is 5.69 Å². The number of hydrogen-bond acceptors (Lipinski definition) is 6. The third kappa shape index (κ3) is 2.93. The van der Waals surface area contributed by atoms with Crippen molar-refractivity contribution in [2.75, 3.05) is 18.0 Å². The molecule has 2 aliphatic rings. The largest absolute Gasteiger partial charge is 0.356 e. The van der Waals surface area contributed by atoms with E-state index in [1.54, 1.807) is 6.33 Å².